The van der Waals surface area contributed by atoms with Crippen LogP contribution in [-0.2, 0) is 11.0 Å². The van der Waals surface area contributed by atoms with E-state index in [1.807, 2.05) is 0 Å². The molecule has 0 radical (unpaired) electrons. The third-order valence-electron chi connectivity index (χ3n) is 4.58. The van der Waals surface area contributed by atoms with Crippen molar-refractivity contribution in [3.63, 3.8) is 0 Å². The highest BCUT2D eigenvalue weighted by molar-refractivity contribution is 7.99. The molecular weight excluding hydrogens is 439 g/mol. The number of nitrogens with zero attached hydrogens (tertiary/aromatic N) is 3. The number of ether oxygens (including phenoxy) is 2. The van der Waals surface area contributed by atoms with Gasteiger partial charge in [-0.2, -0.15) is 24.9 Å². The van der Waals surface area contributed by atoms with Crippen molar-refractivity contribution in [1.29, 1.82) is 0 Å². The van der Waals surface area contributed by atoms with Gasteiger partial charge in [0.05, 0.1) is 5.69 Å². The first-order valence-electron chi connectivity index (χ1n) is 9.25. The zero-order valence-corrected chi connectivity index (χ0v) is 17.4. The van der Waals surface area contributed by atoms with E-state index in [1.54, 1.807) is 34.9 Å². The van der Waals surface area contributed by atoms with E-state index in [9.17, 15) is 18.0 Å². The van der Waals surface area contributed by atoms with Crippen LogP contribution < -0.4 is 9.47 Å². The molecule has 11 heteroatoms. The fourth-order valence-corrected chi connectivity index (χ4v) is 4.73. The Morgan fingerprint density at radius 2 is 1.90 bits per heavy atom. The number of amides is 1. The second-order valence-corrected chi connectivity index (χ2v) is 8.87. The molecule has 30 heavy (non-hydrogen) atoms. The van der Waals surface area contributed by atoms with Crippen molar-refractivity contribution in [1.82, 2.24) is 14.9 Å². The van der Waals surface area contributed by atoms with E-state index in [1.165, 1.54) is 0 Å². The summed E-state index contributed by atoms with van der Waals surface area (Å²) in [6, 6.07) is 5.77. The quantitative estimate of drug-likeness (QED) is 0.498. The summed E-state index contributed by atoms with van der Waals surface area (Å²) in [5.74, 6) is 3.13. The number of rotatable bonds is 5. The first-order valence-corrected chi connectivity index (χ1v) is 11.4. The molecule has 160 valence electrons. The Kier molecular flexibility index (Phi) is 6.28. The summed E-state index contributed by atoms with van der Waals surface area (Å²) in [6.45, 7) is 1.49. The lowest BCUT2D eigenvalue weighted by atomic mass is 10.1. The lowest BCUT2D eigenvalue weighted by Crippen LogP contribution is -2.38. The van der Waals surface area contributed by atoms with Crippen LogP contribution in [0.15, 0.2) is 29.4 Å². The smallest absolute Gasteiger partial charge is 0.433 e. The topological polar surface area (TPSA) is 64.5 Å². The molecule has 2 aliphatic heterocycles. The van der Waals surface area contributed by atoms with Crippen molar-refractivity contribution in [2.24, 2.45) is 0 Å². The SMILES string of the molecule is O=C(CCSc1nc(-c2ccc3c(c2)OCO3)cc(C(F)(F)F)n1)N1CCSCC1. The molecule has 1 saturated heterocycles. The molecule has 1 aromatic heterocycles. The molecule has 3 heterocycles. The van der Waals surface area contributed by atoms with Crippen molar-refractivity contribution in [2.75, 3.05) is 37.1 Å². The van der Waals surface area contributed by atoms with Gasteiger partial charge < -0.3 is 14.4 Å². The summed E-state index contributed by atoms with van der Waals surface area (Å²) in [5.41, 5.74) is -0.416. The highest BCUT2D eigenvalue weighted by atomic mass is 32.2. The molecule has 0 unspecified atom stereocenters. The van der Waals surface area contributed by atoms with Crippen LogP contribution in [0.3, 0.4) is 0 Å². The maximum atomic E-state index is 13.4. The fourth-order valence-electron chi connectivity index (χ4n) is 3.04. The van der Waals surface area contributed by atoms with Crippen molar-refractivity contribution in [2.45, 2.75) is 17.8 Å². The van der Waals surface area contributed by atoms with Crippen LogP contribution in [0, 0.1) is 0 Å². The van der Waals surface area contributed by atoms with Gasteiger partial charge in [-0.25, -0.2) is 9.97 Å². The molecule has 4 rings (SSSR count). The summed E-state index contributed by atoms with van der Waals surface area (Å²) in [4.78, 5) is 22.0. The number of carbonyl (C=O) groups excluding carboxylic acids is 1. The number of thioether (sulfide) groups is 2. The summed E-state index contributed by atoms with van der Waals surface area (Å²) < 4.78 is 50.6. The first-order chi connectivity index (χ1) is 14.4. The molecule has 1 aromatic carbocycles. The van der Waals surface area contributed by atoms with Crippen LogP contribution in [-0.4, -0.2) is 57.9 Å². The van der Waals surface area contributed by atoms with Gasteiger partial charge in [0.25, 0.3) is 0 Å². The normalized spacial score (nSPS) is 16.0. The van der Waals surface area contributed by atoms with E-state index >= 15 is 0 Å². The number of benzene rings is 1. The Morgan fingerprint density at radius 3 is 2.67 bits per heavy atom. The molecule has 0 N–H and O–H groups in total. The zero-order chi connectivity index (χ0) is 21.1. The van der Waals surface area contributed by atoms with Crippen LogP contribution >= 0.6 is 23.5 Å². The molecular formula is C19H18F3N3O3S2. The zero-order valence-electron chi connectivity index (χ0n) is 15.8. The van der Waals surface area contributed by atoms with Gasteiger partial charge in [0.2, 0.25) is 12.7 Å². The number of fused-ring (bicyclic) bond motifs is 1. The van der Waals surface area contributed by atoms with Crippen molar-refractivity contribution >= 4 is 29.4 Å². The number of carbonyl (C=O) groups is 1. The predicted molar refractivity (Wildman–Crippen MR) is 108 cm³/mol. The fraction of sp³-hybridized carbons (Fsp3) is 0.421. The van der Waals surface area contributed by atoms with Crippen LogP contribution in [0.1, 0.15) is 12.1 Å². The third-order valence-corrected chi connectivity index (χ3v) is 6.37. The monoisotopic (exact) mass is 457 g/mol. The maximum absolute atomic E-state index is 13.4. The molecule has 6 nitrogen and oxygen atoms in total. The maximum Gasteiger partial charge on any atom is 0.433 e. The van der Waals surface area contributed by atoms with Gasteiger partial charge in [0.15, 0.2) is 16.7 Å². The van der Waals surface area contributed by atoms with E-state index < -0.39 is 11.9 Å². The molecule has 0 spiro atoms. The van der Waals surface area contributed by atoms with Gasteiger partial charge >= 0.3 is 6.18 Å². The molecule has 0 atom stereocenters. The van der Waals surface area contributed by atoms with Gasteiger partial charge in [-0.05, 0) is 24.3 Å². The predicted octanol–water partition coefficient (Wildman–Crippen LogP) is 3.95. The van der Waals surface area contributed by atoms with Crippen LogP contribution in [0.25, 0.3) is 11.3 Å². The van der Waals surface area contributed by atoms with E-state index in [0.29, 0.717) is 35.9 Å². The van der Waals surface area contributed by atoms with E-state index in [0.717, 1.165) is 29.3 Å². The molecule has 0 aliphatic carbocycles. The summed E-state index contributed by atoms with van der Waals surface area (Å²) in [7, 11) is 0. The third kappa shape index (κ3) is 4.94. The Hall–Kier alpha value is -2.14. The van der Waals surface area contributed by atoms with E-state index in [-0.39, 0.29) is 30.0 Å². The van der Waals surface area contributed by atoms with Crippen LogP contribution in [0.5, 0.6) is 11.5 Å². The lowest BCUT2D eigenvalue weighted by Gasteiger charge is -2.26. The molecule has 2 aliphatic rings. The molecule has 0 bridgehead atoms. The lowest BCUT2D eigenvalue weighted by molar-refractivity contribution is -0.141. The molecule has 1 amide bonds. The van der Waals surface area contributed by atoms with Gasteiger partial charge in [0.1, 0.15) is 5.69 Å². The second kappa shape index (κ2) is 8.93. The number of hydrogen-bond acceptors (Lipinski definition) is 7. The Bertz CT molecular complexity index is 937. The molecule has 0 saturated carbocycles. The standard InChI is InChI=1S/C19H18F3N3O3S2/c20-19(21,22)16-10-13(12-1-2-14-15(9-12)28-11-27-14)23-18(24-16)30-6-3-17(26)25-4-7-29-8-5-25/h1-2,9-10H,3-8,11H2. The number of alkyl halides is 3. The number of hydrogen-bond donors (Lipinski definition) is 0. The Morgan fingerprint density at radius 1 is 1.13 bits per heavy atom. The largest absolute Gasteiger partial charge is 0.454 e. The number of halogens is 3. The minimum absolute atomic E-state index is 0.00534. The van der Waals surface area contributed by atoms with E-state index in [4.69, 9.17) is 9.47 Å². The average molecular weight is 457 g/mol. The highest BCUT2D eigenvalue weighted by Gasteiger charge is 2.34. The van der Waals surface area contributed by atoms with Gasteiger partial charge in [-0.1, -0.05) is 11.8 Å². The average Bonchev–Trinajstić information content (AvgIpc) is 3.21. The molecule has 2 aromatic rings. The van der Waals surface area contributed by atoms with Crippen LogP contribution in [0.2, 0.25) is 0 Å². The molecule has 1 fully saturated rings. The van der Waals surface area contributed by atoms with E-state index in [2.05, 4.69) is 9.97 Å². The second-order valence-electron chi connectivity index (χ2n) is 6.58. The van der Waals surface area contributed by atoms with Gasteiger partial charge in [-0.15, -0.1) is 0 Å². The highest BCUT2D eigenvalue weighted by Crippen LogP contribution is 2.37. The summed E-state index contributed by atoms with van der Waals surface area (Å²) >= 11 is 2.85. The summed E-state index contributed by atoms with van der Waals surface area (Å²) in [6.07, 6.45) is -4.38. The first kappa shape index (κ1) is 21.1. The van der Waals surface area contributed by atoms with Gasteiger partial charge in [0, 0.05) is 42.3 Å². The van der Waals surface area contributed by atoms with Crippen molar-refractivity contribution in [3.05, 3.63) is 30.0 Å². The minimum atomic E-state index is -4.61. The number of aromatic nitrogens is 2. The van der Waals surface area contributed by atoms with Gasteiger partial charge in [-0.3, -0.25) is 4.79 Å². The Balaban J connectivity index is 1.51. The van der Waals surface area contributed by atoms with Crippen molar-refractivity contribution in [3.8, 4) is 22.8 Å². The van der Waals surface area contributed by atoms with Crippen LogP contribution in [0.4, 0.5) is 13.2 Å². The van der Waals surface area contributed by atoms with Crippen molar-refractivity contribution < 1.29 is 27.4 Å². The Labute approximate surface area is 179 Å². The summed E-state index contributed by atoms with van der Waals surface area (Å²) in [5, 5.41) is -0.0144. The minimum Gasteiger partial charge on any atom is -0.454 e.